The first-order valence-corrected chi connectivity index (χ1v) is 17.3. The normalized spacial score (nSPS) is 21.0. The number of rotatable bonds is 3. The zero-order valence-electron chi connectivity index (χ0n) is 28.6. The summed E-state index contributed by atoms with van der Waals surface area (Å²) in [4.78, 5) is 0. The second-order valence-electron chi connectivity index (χ2n) is 16.0. The van der Waals surface area contributed by atoms with E-state index in [1.807, 2.05) is 12.1 Å². The van der Waals surface area contributed by atoms with Gasteiger partial charge in [0.2, 0.25) is 0 Å². The minimum absolute atomic E-state index is 0.109. The van der Waals surface area contributed by atoms with Crippen molar-refractivity contribution in [1.29, 1.82) is 0 Å². The van der Waals surface area contributed by atoms with Crippen LogP contribution in [-0.4, -0.2) is 7.11 Å². The molecule has 2 aliphatic carbocycles. The fourth-order valence-corrected chi connectivity index (χ4v) is 10.3. The lowest BCUT2D eigenvalue weighted by Gasteiger charge is -2.52. The summed E-state index contributed by atoms with van der Waals surface area (Å²) < 4.78 is 13.2. The minimum atomic E-state index is -0.829. The van der Waals surface area contributed by atoms with Gasteiger partial charge in [0.15, 0.2) is 5.60 Å². The summed E-state index contributed by atoms with van der Waals surface area (Å²) in [5, 5.41) is 4.85. The first-order chi connectivity index (χ1) is 23.1. The van der Waals surface area contributed by atoms with Gasteiger partial charge in [0.1, 0.15) is 11.5 Å². The summed E-state index contributed by atoms with van der Waals surface area (Å²) in [6.45, 7) is 9.91. The number of methoxy groups -OCH3 is 1. The van der Waals surface area contributed by atoms with Crippen molar-refractivity contribution in [2.45, 2.75) is 58.0 Å². The molecule has 3 aliphatic rings. The van der Waals surface area contributed by atoms with Gasteiger partial charge in [-0.2, -0.15) is 0 Å². The maximum Gasteiger partial charge on any atom is 0.178 e. The summed E-state index contributed by atoms with van der Waals surface area (Å²) in [6, 6.07) is 41.9. The fourth-order valence-electron chi connectivity index (χ4n) is 10.3. The van der Waals surface area contributed by atoms with Gasteiger partial charge in [0.25, 0.3) is 0 Å². The number of ether oxygens (including phenoxy) is 2. The first kappa shape index (κ1) is 29.3. The molecule has 0 saturated heterocycles. The van der Waals surface area contributed by atoms with Crippen molar-refractivity contribution in [3.8, 4) is 22.6 Å². The highest BCUT2D eigenvalue weighted by Crippen LogP contribution is 2.66. The number of fused-ring (bicyclic) bond motifs is 11. The molecule has 48 heavy (non-hydrogen) atoms. The number of hydrogen-bond donors (Lipinski definition) is 0. The second kappa shape index (κ2) is 10.1. The van der Waals surface area contributed by atoms with E-state index >= 15 is 0 Å². The third kappa shape index (κ3) is 4.18. The molecule has 0 bridgehead atoms. The SMILES string of the molecule is COc1ccc(C2(c3ccc4ccccc4c3)C=Cc3c4c(c5ccccc5c3O2)-c2ccccc2C42CC(C)(C)CC(C)(C)C2)cc1. The Bertz CT molecular complexity index is 2270. The van der Waals surface area contributed by atoms with Gasteiger partial charge in [0.05, 0.1) is 7.11 Å². The van der Waals surface area contributed by atoms with Crippen LogP contribution in [0.4, 0.5) is 0 Å². The average molecular weight is 627 g/mol. The van der Waals surface area contributed by atoms with E-state index < -0.39 is 5.60 Å². The Balaban J connectivity index is 1.36. The highest BCUT2D eigenvalue weighted by atomic mass is 16.5. The van der Waals surface area contributed by atoms with Gasteiger partial charge in [-0.05, 0) is 92.8 Å². The van der Waals surface area contributed by atoms with Crippen LogP contribution >= 0.6 is 0 Å². The van der Waals surface area contributed by atoms with Gasteiger partial charge < -0.3 is 9.47 Å². The molecule has 0 amide bonds. The molecule has 1 aliphatic heterocycles. The number of hydrogen-bond acceptors (Lipinski definition) is 2. The molecular weight excluding hydrogens is 585 g/mol. The highest BCUT2D eigenvalue weighted by molar-refractivity contribution is 6.08. The largest absolute Gasteiger partial charge is 0.497 e. The molecule has 2 nitrogen and oxygen atoms in total. The minimum Gasteiger partial charge on any atom is -0.497 e. The monoisotopic (exact) mass is 626 g/mol. The van der Waals surface area contributed by atoms with E-state index in [0.29, 0.717) is 0 Å². The van der Waals surface area contributed by atoms with Crippen molar-refractivity contribution in [2.75, 3.05) is 7.11 Å². The van der Waals surface area contributed by atoms with E-state index in [4.69, 9.17) is 9.47 Å². The molecule has 0 N–H and O–H groups in total. The van der Waals surface area contributed by atoms with Gasteiger partial charge in [-0.15, -0.1) is 0 Å². The van der Waals surface area contributed by atoms with E-state index in [0.717, 1.165) is 40.9 Å². The zero-order valence-corrected chi connectivity index (χ0v) is 28.6. The maximum absolute atomic E-state index is 7.66. The summed E-state index contributed by atoms with van der Waals surface area (Å²) in [5.41, 5.74) is 8.56. The summed E-state index contributed by atoms with van der Waals surface area (Å²) in [6.07, 6.45) is 8.17. The lowest BCUT2D eigenvalue weighted by atomic mass is 9.52. The van der Waals surface area contributed by atoms with Crippen molar-refractivity contribution in [3.63, 3.8) is 0 Å². The van der Waals surface area contributed by atoms with E-state index in [-0.39, 0.29) is 16.2 Å². The molecule has 2 heteroatoms. The Labute approximate surface area is 284 Å². The van der Waals surface area contributed by atoms with Gasteiger partial charge in [-0.1, -0.05) is 131 Å². The summed E-state index contributed by atoms with van der Waals surface area (Å²) >= 11 is 0. The standard InChI is InChI=1S/C46H42O2/c1-43(2)27-44(3,4)29-45(28-43)39-17-11-10-16-37(39)40-35-14-8-9-15-36(35)42-38(41(40)45)24-25-46(48-42,32-20-22-34(47-5)23-21-32)33-19-18-30-12-6-7-13-31(30)26-33/h6-26H,27-29H2,1-5H3. The molecule has 0 aromatic heterocycles. The molecular formula is C46H42O2. The first-order valence-electron chi connectivity index (χ1n) is 17.3. The third-order valence-corrected chi connectivity index (χ3v) is 11.4. The Morgan fingerprint density at radius 2 is 1.27 bits per heavy atom. The van der Waals surface area contributed by atoms with Crippen LogP contribution in [0.5, 0.6) is 11.5 Å². The van der Waals surface area contributed by atoms with Crippen LogP contribution < -0.4 is 9.47 Å². The predicted octanol–water partition coefficient (Wildman–Crippen LogP) is 11.9. The molecule has 1 fully saturated rings. The van der Waals surface area contributed by atoms with Crippen LogP contribution in [0.25, 0.3) is 38.7 Å². The molecule has 1 saturated carbocycles. The van der Waals surface area contributed by atoms with E-state index in [9.17, 15) is 0 Å². The van der Waals surface area contributed by atoms with Crippen molar-refractivity contribution < 1.29 is 9.47 Å². The fraction of sp³-hybridized carbons (Fsp3) is 0.261. The zero-order chi connectivity index (χ0) is 32.9. The molecule has 0 radical (unpaired) electrons. The molecule has 9 rings (SSSR count). The molecule has 6 aromatic carbocycles. The Kier molecular flexibility index (Phi) is 6.17. The topological polar surface area (TPSA) is 18.5 Å². The van der Waals surface area contributed by atoms with Crippen LogP contribution in [0, 0.1) is 10.8 Å². The average Bonchev–Trinajstić information content (AvgIpc) is 3.35. The Morgan fingerprint density at radius 3 is 2.02 bits per heavy atom. The maximum atomic E-state index is 7.66. The molecule has 1 unspecified atom stereocenters. The van der Waals surface area contributed by atoms with Crippen LogP contribution in [0.3, 0.4) is 0 Å². The van der Waals surface area contributed by atoms with Crippen LogP contribution in [0.1, 0.15) is 74.8 Å². The van der Waals surface area contributed by atoms with Crippen molar-refractivity contribution in [2.24, 2.45) is 10.8 Å². The lowest BCUT2D eigenvalue weighted by Crippen LogP contribution is -2.44. The van der Waals surface area contributed by atoms with Gasteiger partial charge >= 0.3 is 0 Å². The van der Waals surface area contributed by atoms with Crippen molar-refractivity contribution in [3.05, 3.63) is 149 Å². The third-order valence-electron chi connectivity index (χ3n) is 11.4. The molecule has 1 spiro atoms. The van der Waals surface area contributed by atoms with Crippen LogP contribution in [-0.2, 0) is 11.0 Å². The Hall–Kier alpha value is -4.82. The second-order valence-corrected chi connectivity index (χ2v) is 16.0. The van der Waals surface area contributed by atoms with E-state index in [2.05, 4.69) is 143 Å². The molecule has 1 atom stereocenters. The van der Waals surface area contributed by atoms with E-state index in [1.54, 1.807) is 7.11 Å². The van der Waals surface area contributed by atoms with E-state index in [1.165, 1.54) is 50.4 Å². The molecule has 6 aromatic rings. The van der Waals surface area contributed by atoms with Gasteiger partial charge in [-0.3, -0.25) is 0 Å². The van der Waals surface area contributed by atoms with Crippen LogP contribution in [0.2, 0.25) is 0 Å². The smallest absolute Gasteiger partial charge is 0.178 e. The van der Waals surface area contributed by atoms with Gasteiger partial charge in [0, 0.05) is 27.5 Å². The molecule has 238 valence electrons. The summed E-state index contributed by atoms with van der Waals surface area (Å²) in [7, 11) is 1.72. The summed E-state index contributed by atoms with van der Waals surface area (Å²) in [5.74, 6) is 1.81. The Morgan fingerprint density at radius 1 is 0.625 bits per heavy atom. The van der Waals surface area contributed by atoms with Crippen molar-refractivity contribution in [1.82, 2.24) is 0 Å². The van der Waals surface area contributed by atoms with Crippen molar-refractivity contribution >= 4 is 27.6 Å². The quantitative estimate of drug-likeness (QED) is 0.195. The van der Waals surface area contributed by atoms with Gasteiger partial charge in [-0.25, -0.2) is 0 Å². The molecule has 1 heterocycles. The lowest BCUT2D eigenvalue weighted by molar-refractivity contribution is 0.0642. The predicted molar refractivity (Wildman–Crippen MR) is 199 cm³/mol. The highest BCUT2D eigenvalue weighted by Gasteiger charge is 2.55. The van der Waals surface area contributed by atoms with Crippen LogP contribution in [0.15, 0.2) is 121 Å². The number of benzene rings is 6.